The lowest BCUT2D eigenvalue weighted by Gasteiger charge is -2.57. The Morgan fingerprint density at radius 1 is 1.48 bits per heavy atom. The van der Waals surface area contributed by atoms with Gasteiger partial charge in [0.25, 0.3) is 0 Å². The van der Waals surface area contributed by atoms with Crippen molar-refractivity contribution in [3.05, 3.63) is 12.2 Å². The van der Waals surface area contributed by atoms with Crippen molar-refractivity contribution in [2.45, 2.75) is 57.3 Å². The molecule has 0 amide bonds. The zero-order chi connectivity index (χ0) is 16.6. The molecular formula is C18H24O5. The Morgan fingerprint density at radius 3 is 2.87 bits per heavy atom. The quantitative estimate of drug-likeness (QED) is 0.800. The minimum absolute atomic E-state index is 0.0151. The zero-order valence-corrected chi connectivity index (χ0v) is 13.9. The van der Waals surface area contributed by atoms with Gasteiger partial charge in [-0.1, -0.05) is 13.0 Å². The molecule has 1 N–H and O–H groups in total. The maximum atomic E-state index is 12.7. The normalized spacial score (nSPS) is 52.8. The van der Waals surface area contributed by atoms with E-state index in [0.29, 0.717) is 12.3 Å². The fourth-order valence-electron chi connectivity index (χ4n) is 6.06. The van der Waals surface area contributed by atoms with E-state index >= 15 is 0 Å². The van der Waals surface area contributed by atoms with E-state index in [0.717, 1.165) is 12.8 Å². The maximum Gasteiger partial charge on any atom is 0.305 e. The molecule has 5 nitrogen and oxygen atoms in total. The molecule has 3 aliphatic carbocycles. The van der Waals surface area contributed by atoms with Crippen LogP contribution in [-0.2, 0) is 19.1 Å². The number of rotatable bonds is 3. The van der Waals surface area contributed by atoms with Crippen LogP contribution >= 0.6 is 0 Å². The van der Waals surface area contributed by atoms with Gasteiger partial charge in [0.15, 0.2) is 5.78 Å². The van der Waals surface area contributed by atoms with Crippen LogP contribution in [0.15, 0.2) is 12.2 Å². The molecule has 5 aliphatic rings. The van der Waals surface area contributed by atoms with E-state index in [-0.39, 0.29) is 35.6 Å². The van der Waals surface area contributed by atoms with Crippen LogP contribution in [0, 0.1) is 22.7 Å². The van der Waals surface area contributed by atoms with Crippen LogP contribution in [0.4, 0.5) is 0 Å². The number of carbonyl (C=O) groups excluding carboxylic acids is 2. The maximum absolute atomic E-state index is 12.7. The van der Waals surface area contributed by atoms with Gasteiger partial charge in [0.2, 0.25) is 0 Å². The van der Waals surface area contributed by atoms with Crippen LogP contribution in [0.2, 0.25) is 0 Å². The van der Waals surface area contributed by atoms with Gasteiger partial charge in [0, 0.05) is 23.2 Å². The molecule has 2 saturated carbocycles. The first-order chi connectivity index (χ1) is 10.8. The van der Waals surface area contributed by atoms with Crippen molar-refractivity contribution in [3.63, 3.8) is 0 Å². The number of ether oxygens (including phenoxy) is 2. The first kappa shape index (κ1) is 15.3. The van der Waals surface area contributed by atoms with Crippen LogP contribution in [-0.4, -0.2) is 41.8 Å². The number of hydrogen-bond acceptors (Lipinski definition) is 5. The van der Waals surface area contributed by atoms with Gasteiger partial charge in [0.1, 0.15) is 0 Å². The summed E-state index contributed by atoms with van der Waals surface area (Å²) >= 11 is 0. The summed E-state index contributed by atoms with van der Waals surface area (Å²) in [6, 6.07) is 0. The summed E-state index contributed by atoms with van der Waals surface area (Å²) in [5, 5.41) is 11.0. The van der Waals surface area contributed by atoms with Crippen molar-refractivity contribution in [1.82, 2.24) is 0 Å². The molecule has 0 aromatic rings. The third-order valence-electron chi connectivity index (χ3n) is 7.21. The smallest absolute Gasteiger partial charge is 0.305 e. The third-order valence-corrected chi connectivity index (χ3v) is 7.21. The largest absolute Gasteiger partial charge is 0.469 e. The highest BCUT2D eigenvalue weighted by atomic mass is 16.5. The molecule has 4 fully saturated rings. The zero-order valence-electron chi connectivity index (χ0n) is 13.9. The molecule has 126 valence electrons. The van der Waals surface area contributed by atoms with Crippen molar-refractivity contribution < 1.29 is 24.2 Å². The number of allylic oxidation sites excluding steroid dienone is 1. The van der Waals surface area contributed by atoms with Crippen molar-refractivity contribution in [1.29, 1.82) is 0 Å². The molecule has 5 rings (SSSR count). The average molecular weight is 320 g/mol. The number of ketones is 1. The summed E-state index contributed by atoms with van der Waals surface area (Å²) in [7, 11) is 1.36. The Kier molecular flexibility index (Phi) is 2.97. The predicted molar refractivity (Wildman–Crippen MR) is 81.4 cm³/mol. The molecule has 0 aromatic carbocycles. The molecule has 7 unspecified atom stereocenters. The molecule has 2 saturated heterocycles. The first-order valence-corrected chi connectivity index (χ1v) is 8.44. The van der Waals surface area contributed by atoms with Crippen LogP contribution in [0.5, 0.6) is 0 Å². The first-order valence-electron chi connectivity index (χ1n) is 8.44. The van der Waals surface area contributed by atoms with E-state index < -0.39 is 17.1 Å². The van der Waals surface area contributed by atoms with Gasteiger partial charge in [-0.15, -0.1) is 0 Å². The van der Waals surface area contributed by atoms with Gasteiger partial charge in [-0.2, -0.15) is 0 Å². The Morgan fingerprint density at radius 2 is 2.22 bits per heavy atom. The van der Waals surface area contributed by atoms with E-state index in [1.165, 1.54) is 7.11 Å². The Labute approximate surface area is 136 Å². The Bertz CT molecular complexity index is 613. The van der Waals surface area contributed by atoms with Crippen LogP contribution in [0.3, 0.4) is 0 Å². The molecule has 0 radical (unpaired) electrons. The monoisotopic (exact) mass is 320 g/mol. The highest BCUT2D eigenvalue weighted by Gasteiger charge is 2.76. The van der Waals surface area contributed by atoms with Gasteiger partial charge in [-0.3, -0.25) is 9.59 Å². The van der Waals surface area contributed by atoms with E-state index in [9.17, 15) is 14.7 Å². The second kappa shape index (κ2) is 4.45. The number of carbonyl (C=O) groups is 2. The highest BCUT2D eigenvalue weighted by molar-refractivity contribution is 5.96. The van der Waals surface area contributed by atoms with Crippen molar-refractivity contribution in [3.8, 4) is 0 Å². The molecule has 7 atom stereocenters. The fourth-order valence-corrected chi connectivity index (χ4v) is 6.06. The standard InChI is InChI=1S/C18H24O5/c1-16(6-5-13(20)22-3)12(19)4-7-18-9-10-8-11(14(16)18)23-17(10,2)15(18)21/h4,7,10-11,14-15,21H,5-6,8-9H2,1-3H3. The van der Waals surface area contributed by atoms with Crippen molar-refractivity contribution >= 4 is 11.8 Å². The molecular weight excluding hydrogens is 296 g/mol. The second-order valence-electron chi connectivity index (χ2n) is 8.16. The van der Waals surface area contributed by atoms with E-state index in [1.807, 2.05) is 19.9 Å². The molecule has 2 aliphatic heterocycles. The lowest BCUT2D eigenvalue weighted by molar-refractivity contribution is -0.219. The molecule has 4 bridgehead atoms. The number of aliphatic hydroxyl groups is 1. The molecule has 2 heterocycles. The number of methoxy groups -OCH3 is 1. The molecule has 1 spiro atoms. The van der Waals surface area contributed by atoms with Gasteiger partial charge >= 0.3 is 5.97 Å². The summed E-state index contributed by atoms with van der Waals surface area (Å²) in [4.78, 5) is 24.3. The summed E-state index contributed by atoms with van der Waals surface area (Å²) in [5.41, 5.74) is -1.57. The average Bonchev–Trinajstić information content (AvgIpc) is 2.87. The minimum Gasteiger partial charge on any atom is -0.469 e. The van der Waals surface area contributed by atoms with Gasteiger partial charge < -0.3 is 14.6 Å². The van der Waals surface area contributed by atoms with Gasteiger partial charge in [0.05, 0.1) is 24.9 Å². The Hall–Kier alpha value is -1.20. The Balaban J connectivity index is 1.75. The second-order valence-corrected chi connectivity index (χ2v) is 8.16. The number of esters is 1. The van der Waals surface area contributed by atoms with Crippen LogP contribution < -0.4 is 0 Å². The van der Waals surface area contributed by atoms with E-state index in [4.69, 9.17) is 9.47 Å². The van der Waals surface area contributed by atoms with Gasteiger partial charge in [-0.05, 0) is 38.2 Å². The van der Waals surface area contributed by atoms with Gasteiger partial charge in [-0.25, -0.2) is 0 Å². The highest BCUT2D eigenvalue weighted by Crippen LogP contribution is 2.71. The predicted octanol–water partition coefficient (Wildman–Crippen LogP) is 1.63. The van der Waals surface area contributed by atoms with E-state index in [2.05, 4.69) is 0 Å². The molecule has 5 heteroatoms. The number of hydrogen-bond donors (Lipinski definition) is 1. The minimum atomic E-state index is -0.689. The van der Waals surface area contributed by atoms with E-state index in [1.54, 1.807) is 6.08 Å². The van der Waals surface area contributed by atoms with Crippen LogP contribution in [0.25, 0.3) is 0 Å². The molecule has 0 aromatic heterocycles. The number of aliphatic hydroxyl groups excluding tert-OH is 1. The lowest BCUT2D eigenvalue weighted by Crippen LogP contribution is -2.62. The summed E-state index contributed by atoms with van der Waals surface area (Å²) < 4.78 is 11.0. The summed E-state index contributed by atoms with van der Waals surface area (Å²) in [6.45, 7) is 3.93. The fraction of sp³-hybridized carbons (Fsp3) is 0.778. The van der Waals surface area contributed by atoms with Crippen molar-refractivity contribution in [2.75, 3.05) is 7.11 Å². The summed E-state index contributed by atoms with van der Waals surface area (Å²) in [6.07, 6.45) is 5.37. The SMILES string of the molecule is COC(=O)CCC1(C)C(=O)C=CC23CC4CC(OC4(C)C2O)C13. The van der Waals surface area contributed by atoms with Crippen molar-refractivity contribution in [2.24, 2.45) is 22.7 Å². The summed E-state index contributed by atoms with van der Waals surface area (Å²) in [5.74, 6) is 0.00914. The lowest BCUT2D eigenvalue weighted by atomic mass is 9.50. The topological polar surface area (TPSA) is 72.8 Å². The third kappa shape index (κ3) is 1.65. The van der Waals surface area contributed by atoms with Crippen LogP contribution in [0.1, 0.15) is 39.5 Å². The molecule has 23 heavy (non-hydrogen) atoms.